The van der Waals surface area contributed by atoms with E-state index in [9.17, 15) is 5.11 Å². The monoisotopic (exact) mass is 326 g/mol. The van der Waals surface area contributed by atoms with Crippen LogP contribution in [0.2, 0.25) is 0 Å². The Kier molecular flexibility index (Phi) is 8.36. The molecule has 0 aliphatic carbocycles. The average molecular weight is 326 g/mol. The first-order valence-corrected chi connectivity index (χ1v) is 8.87. The van der Waals surface area contributed by atoms with Crippen molar-refractivity contribution in [2.75, 3.05) is 12.4 Å². The van der Waals surface area contributed by atoms with E-state index in [4.69, 9.17) is 4.74 Å². The van der Waals surface area contributed by atoms with Gasteiger partial charge in [0, 0.05) is 17.9 Å². The molecule has 0 amide bonds. The Morgan fingerprint density at radius 1 is 0.913 bits per heavy atom. The summed E-state index contributed by atoms with van der Waals surface area (Å²) in [5.41, 5.74) is 2.43. The van der Waals surface area contributed by atoms with Gasteiger partial charge >= 0.3 is 0 Å². The van der Waals surface area contributed by atoms with Gasteiger partial charge in [0.15, 0.2) is 0 Å². The van der Waals surface area contributed by atoms with E-state index in [1.807, 2.05) is 48.5 Å². The minimum absolute atomic E-state index is 0.384. The van der Waals surface area contributed by atoms with E-state index in [-0.39, 0.29) is 6.10 Å². The molecule has 1 unspecified atom stereocenters. The third kappa shape index (κ3) is 7.90. The van der Waals surface area contributed by atoms with Crippen LogP contribution in [0, 0.1) is 11.8 Å². The van der Waals surface area contributed by atoms with Gasteiger partial charge in [-0.3, -0.25) is 0 Å². The maximum Gasteiger partial charge on any atom is 0.108 e. The first kappa shape index (κ1) is 17.6. The van der Waals surface area contributed by atoms with E-state index in [1.165, 1.54) is 5.56 Å². The Balaban J connectivity index is 1.53. The van der Waals surface area contributed by atoms with Crippen LogP contribution in [0.15, 0.2) is 60.7 Å². The molecule has 0 saturated heterocycles. The molecule has 0 aliphatic heterocycles. The molecule has 0 spiro atoms. The van der Waals surface area contributed by atoms with Gasteiger partial charge in [0.25, 0.3) is 0 Å². The van der Waals surface area contributed by atoms with E-state index in [2.05, 4.69) is 24.0 Å². The van der Waals surface area contributed by atoms with E-state index in [0.717, 1.165) is 11.3 Å². The Morgan fingerprint density at radius 3 is 2.26 bits per heavy atom. The van der Waals surface area contributed by atoms with Crippen molar-refractivity contribution >= 4 is 11.8 Å². The van der Waals surface area contributed by atoms with Gasteiger partial charge in [-0.2, -0.15) is 11.8 Å². The number of aliphatic hydroxyl groups excluding tert-OH is 1. The van der Waals surface area contributed by atoms with Gasteiger partial charge in [0.2, 0.25) is 0 Å². The van der Waals surface area contributed by atoms with Crippen molar-refractivity contribution in [3.05, 3.63) is 71.8 Å². The fourth-order valence-electron chi connectivity index (χ4n) is 1.98. The molecule has 2 aromatic rings. The SMILES string of the molecule is OC(CC#CCOCc1ccccc1)CSCc1ccccc1. The zero-order valence-corrected chi connectivity index (χ0v) is 14.0. The number of ether oxygens (including phenoxy) is 1. The Labute approximate surface area is 142 Å². The summed E-state index contributed by atoms with van der Waals surface area (Å²) in [7, 11) is 0. The van der Waals surface area contributed by atoms with Gasteiger partial charge in [-0.25, -0.2) is 0 Å². The van der Waals surface area contributed by atoms with Crippen LogP contribution in [-0.2, 0) is 17.1 Å². The van der Waals surface area contributed by atoms with Crippen LogP contribution in [0.4, 0.5) is 0 Å². The maximum atomic E-state index is 9.90. The fraction of sp³-hybridized carbons (Fsp3) is 0.300. The van der Waals surface area contributed by atoms with Crippen molar-refractivity contribution in [2.24, 2.45) is 0 Å². The largest absolute Gasteiger partial charge is 0.391 e. The average Bonchev–Trinajstić information content (AvgIpc) is 2.60. The van der Waals surface area contributed by atoms with Crippen LogP contribution in [0.25, 0.3) is 0 Å². The molecule has 2 aromatic carbocycles. The summed E-state index contributed by atoms with van der Waals surface area (Å²) in [5, 5.41) is 9.90. The van der Waals surface area contributed by atoms with Crippen LogP contribution >= 0.6 is 11.8 Å². The summed E-state index contributed by atoms with van der Waals surface area (Å²) >= 11 is 1.73. The molecule has 0 heterocycles. The molecule has 23 heavy (non-hydrogen) atoms. The van der Waals surface area contributed by atoms with E-state index in [1.54, 1.807) is 11.8 Å². The third-order valence-corrected chi connectivity index (χ3v) is 4.33. The van der Waals surface area contributed by atoms with Gasteiger partial charge in [-0.15, -0.1) is 0 Å². The molecule has 0 fully saturated rings. The molecule has 0 saturated carbocycles. The number of hydrogen-bond donors (Lipinski definition) is 1. The van der Waals surface area contributed by atoms with Crippen molar-refractivity contribution in [3.63, 3.8) is 0 Å². The van der Waals surface area contributed by atoms with Crippen LogP contribution < -0.4 is 0 Å². The highest BCUT2D eigenvalue weighted by atomic mass is 32.2. The zero-order chi connectivity index (χ0) is 16.2. The predicted octanol–water partition coefficient (Wildman–Crippen LogP) is 3.89. The maximum absolute atomic E-state index is 9.90. The third-order valence-electron chi connectivity index (χ3n) is 3.17. The Morgan fingerprint density at radius 2 is 1.57 bits per heavy atom. The molecule has 120 valence electrons. The lowest BCUT2D eigenvalue weighted by Gasteiger charge is -2.06. The topological polar surface area (TPSA) is 29.5 Å². The standard InChI is InChI=1S/C20H22O2S/c21-20(17-23-16-19-11-5-2-6-12-19)13-7-8-14-22-15-18-9-3-1-4-10-18/h1-6,9-12,20-21H,13-17H2. The summed E-state index contributed by atoms with van der Waals surface area (Å²) < 4.78 is 5.48. The second-order valence-corrected chi connectivity index (χ2v) is 6.22. The van der Waals surface area contributed by atoms with Crippen molar-refractivity contribution in [1.29, 1.82) is 0 Å². The van der Waals surface area contributed by atoms with E-state index < -0.39 is 0 Å². The predicted molar refractivity (Wildman–Crippen MR) is 97.1 cm³/mol. The number of benzene rings is 2. The second kappa shape index (κ2) is 10.9. The minimum Gasteiger partial charge on any atom is -0.391 e. The number of thioether (sulfide) groups is 1. The molecule has 2 rings (SSSR count). The lowest BCUT2D eigenvalue weighted by molar-refractivity contribution is 0.153. The summed E-state index contributed by atoms with van der Waals surface area (Å²) in [5.74, 6) is 7.56. The molecule has 2 nitrogen and oxygen atoms in total. The summed E-state index contributed by atoms with van der Waals surface area (Å²) in [6, 6.07) is 20.3. The lowest BCUT2D eigenvalue weighted by atomic mass is 10.2. The minimum atomic E-state index is -0.384. The summed E-state index contributed by atoms with van der Waals surface area (Å²) in [6.07, 6.45) is 0.113. The lowest BCUT2D eigenvalue weighted by Crippen LogP contribution is -2.08. The Hall–Kier alpha value is -1.73. The number of hydrogen-bond acceptors (Lipinski definition) is 3. The quantitative estimate of drug-likeness (QED) is 0.589. The van der Waals surface area contributed by atoms with E-state index in [0.29, 0.717) is 25.4 Å². The van der Waals surface area contributed by atoms with Gasteiger partial charge in [0.1, 0.15) is 6.61 Å². The normalized spacial score (nSPS) is 11.5. The summed E-state index contributed by atoms with van der Waals surface area (Å²) in [4.78, 5) is 0. The van der Waals surface area contributed by atoms with Gasteiger partial charge in [0.05, 0.1) is 12.7 Å². The number of rotatable bonds is 8. The first-order valence-electron chi connectivity index (χ1n) is 7.71. The highest BCUT2D eigenvalue weighted by molar-refractivity contribution is 7.98. The zero-order valence-electron chi connectivity index (χ0n) is 13.2. The molecule has 0 aliphatic rings. The van der Waals surface area contributed by atoms with Gasteiger partial charge in [-0.05, 0) is 11.1 Å². The van der Waals surface area contributed by atoms with Gasteiger partial charge in [-0.1, -0.05) is 72.5 Å². The van der Waals surface area contributed by atoms with Crippen LogP contribution in [0.1, 0.15) is 17.5 Å². The van der Waals surface area contributed by atoms with Crippen molar-refractivity contribution in [1.82, 2.24) is 0 Å². The number of aliphatic hydroxyl groups is 1. The van der Waals surface area contributed by atoms with Crippen LogP contribution in [-0.4, -0.2) is 23.6 Å². The van der Waals surface area contributed by atoms with E-state index >= 15 is 0 Å². The summed E-state index contributed by atoms with van der Waals surface area (Å²) in [6.45, 7) is 0.976. The molecule has 0 radical (unpaired) electrons. The molecule has 3 heteroatoms. The Bertz CT molecular complexity index is 602. The molecular formula is C20H22O2S. The highest BCUT2D eigenvalue weighted by Gasteiger charge is 2.02. The molecular weight excluding hydrogens is 304 g/mol. The smallest absolute Gasteiger partial charge is 0.108 e. The van der Waals surface area contributed by atoms with Crippen LogP contribution in [0.3, 0.4) is 0 Å². The molecule has 1 N–H and O–H groups in total. The molecule has 0 aromatic heterocycles. The van der Waals surface area contributed by atoms with Crippen molar-refractivity contribution in [2.45, 2.75) is 24.9 Å². The molecule has 1 atom stereocenters. The van der Waals surface area contributed by atoms with Gasteiger partial charge < -0.3 is 9.84 Å². The van der Waals surface area contributed by atoms with Crippen LogP contribution in [0.5, 0.6) is 0 Å². The molecule has 0 bridgehead atoms. The van der Waals surface area contributed by atoms with Crippen molar-refractivity contribution < 1.29 is 9.84 Å². The second-order valence-electron chi connectivity index (χ2n) is 5.19. The first-order chi connectivity index (χ1) is 11.3. The van der Waals surface area contributed by atoms with Crippen molar-refractivity contribution in [3.8, 4) is 11.8 Å². The highest BCUT2D eigenvalue weighted by Crippen LogP contribution is 2.13. The fourth-order valence-corrected chi connectivity index (χ4v) is 2.92.